The van der Waals surface area contributed by atoms with Gasteiger partial charge < -0.3 is 15.7 Å². The van der Waals surface area contributed by atoms with Crippen LogP contribution in [0.1, 0.15) is 40.6 Å². The van der Waals surface area contributed by atoms with Crippen molar-refractivity contribution < 1.29 is 14.7 Å². The second kappa shape index (κ2) is 5.83. The van der Waals surface area contributed by atoms with E-state index in [1.54, 1.807) is 18.3 Å². The number of hydrogen-bond acceptors (Lipinski definition) is 4. The number of hydrogen-bond donors (Lipinski definition) is 2. The van der Waals surface area contributed by atoms with Gasteiger partial charge in [-0.2, -0.15) is 0 Å². The molecule has 1 aromatic heterocycles. The molecule has 6 heteroatoms. The van der Waals surface area contributed by atoms with Crippen molar-refractivity contribution in [2.45, 2.75) is 32.6 Å². The van der Waals surface area contributed by atoms with Gasteiger partial charge in [0.05, 0.1) is 11.5 Å². The fourth-order valence-electron chi connectivity index (χ4n) is 2.65. The summed E-state index contributed by atoms with van der Waals surface area (Å²) in [6.45, 7) is 2.03. The van der Waals surface area contributed by atoms with Crippen LogP contribution in [0.5, 0.6) is 0 Å². The first-order valence-electron chi connectivity index (χ1n) is 6.80. The van der Waals surface area contributed by atoms with Gasteiger partial charge >= 0.3 is 5.97 Å². The number of nitrogens with two attached hydrogens (primary N) is 1. The van der Waals surface area contributed by atoms with Gasteiger partial charge in [0, 0.05) is 18.5 Å². The normalized spacial score (nSPS) is 15.5. The van der Waals surface area contributed by atoms with E-state index in [-0.39, 0.29) is 0 Å². The van der Waals surface area contributed by atoms with Gasteiger partial charge in [0.1, 0.15) is 5.00 Å². The van der Waals surface area contributed by atoms with E-state index >= 15 is 0 Å². The third-order valence-corrected chi connectivity index (χ3v) is 5.12. The molecule has 0 aromatic carbocycles. The fourth-order valence-corrected chi connectivity index (χ4v) is 4.01. The lowest BCUT2D eigenvalue weighted by atomic mass is 9.95. The van der Waals surface area contributed by atoms with Gasteiger partial charge in [-0.05, 0) is 31.2 Å². The largest absolute Gasteiger partial charge is 0.481 e. The minimum Gasteiger partial charge on any atom is -0.481 e. The van der Waals surface area contributed by atoms with Crippen molar-refractivity contribution >= 4 is 28.2 Å². The summed E-state index contributed by atoms with van der Waals surface area (Å²) in [6.07, 6.45) is 4.11. The number of aliphatic carboxylic acids is 1. The summed E-state index contributed by atoms with van der Waals surface area (Å²) in [6, 6.07) is 0. The van der Waals surface area contributed by atoms with E-state index in [1.807, 2.05) is 11.9 Å². The zero-order valence-corrected chi connectivity index (χ0v) is 12.6. The van der Waals surface area contributed by atoms with Crippen LogP contribution in [-0.2, 0) is 17.6 Å². The van der Waals surface area contributed by atoms with Crippen LogP contribution in [0.3, 0.4) is 0 Å². The van der Waals surface area contributed by atoms with Crippen LogP contribution >= 0.6 is 11.3 Å². The first kappa shape index (κ1) is 14.8. The predicted molar refractivity (Wildman–Crippen MR) is 79.5 cm³/mol. The summed E-state index contributed by atoms with van der Waals surface area (Å²) in [4.78, 5) is 25.8. The molecule has 110 valence electrons. The number of carboxylic acids is 1. The quantitative estimate of drug-likeness (QED) is 0.869. The van der Waals surface area contributed by atoms with Crippen LogP contribution in [0.25, 0.3) is 0 Å². The Morgan fingerprint density at radius 3 is 2.65 bits per heavy atom. The highest BCUT2D eigenvalue weighted by molar-refractivity contribution is 7.16. The van der Waals surface area contributed by atoms with Gasteiger partial charge in [-0.15, -0.1) is 11.3 Å². The second-order valence-electron chi connectivity index (χ2n) is 5.38. The van der Waals surface area contributed by atoms with Crippen LogP contribution in [0, 0.1) is 5.92 Å². The molecule has 2 rings (SSSR count). The van der Waals surface area contributed by atoms with Crippen molar-refractivity contribution in [3.05, 3.63) is 16.0 Å². The summed E-state index contributed by atoms with van der Waals surface area (Å²) >= 11 is 1.58. The molecule has 1 aromatic rings. The van der Waals surface area contributed by atoms with Crippen LogP contribution < -0.4 is 10.6 Å². The first-order valence-corrected chi connectivity index (χ1v) is 7.61. The monoisotopic (exact) mass is 296 g/mol. The number of carboxylic acid groups (broad SMARTS) is 1. The molecule has 0 saturated carbocycles. The van der Waals surface area contributed by atoms with E-state index in [0.29, 0.717) is 12.1 Å². The summed E-state index contributed by atoms with van der Waals surface area (Å²) in [5, 5.41) is 9.82. The third-order valence-electron chi connectivity index (χ3n) is 3.72. The number of rotatable bonds is 5. The second-order valence-corrected chi connectivity index (χ2v) is 6.46. The predicted octanol–water partition coefficient (Wildman–Crippen LogP) is 1.88. The average Bonchev–Trinajstić information content (AvgIpc) is 2.77. The van der Waals surface area contributed by atoms with E-state index in [9.17, 15) is 9.59 Å². The maximum atomic E-state index is 11.8. The fraction of sp³-hybridized carbons (Fsp3) is 0.571. The van der Waals surface area contributed by atoms with Gasteiger partial charge in [0.2, 0.25) is 0 Å². The Morgan fingerprint density at radius 1 is 1.40 bits per heavy atom. The molecule has 1 aliphatic rings. The van der Waals surface area contributed by atoms with E-state index < -0.39 is 17.8 Å². The highest BCUT2D eigenvalue weighted by atomic mass is 32.1. The van der Waals surface area contributed by atoms with Crippen molar-refractivity contribution in [1.82, 2.24) is 0 Å². The molecular weight excluding hydrogens is 276 g/mol. The van der Waals surface area contributed by atoms with Gasteiger partial charge in [0.25, 0.3) is 5.91 Å². The maximum absolute atomic E-state index is 11.8. The highest BCUT2D eigenvalue weighted by Crippen LogP contribution is 2.39. The standard InChI is InChI=1S/C14H20N2O3S/c1-8(14(18)19)7-16(2)13-11(12(15)17)9-5-3-4-6-10(9)20-13/h8H,3-7H2,1-2H3,(H2,15,17)(H,18,19). The van der Waals surface area contributed by atoms with Crippen LogP contribution in [0.4, 0.5) is 5.00 Å². The van der Waals surface area contributed by atoms with Gasteiger partial charge in [-0.3, -0.25) is 9.59 Å². The molecule has 5 nitrogen and oxygen atoms in total. The lowest BCUT2D eigenvalue weighted by Crippen LogP contribution is -2.29. The van der Waals surface area contributed by atoms with Crippen molar-refractivity contribution in [2.24, 2.45) is 11.7 Å². The van der Waals surface area contributed by atoms with Gasteiger partial charge in [-0.1, -0.05) is 6.92 Å². The molecule has 1 unspecified atom stereocenters. The summed E-state index contributed by atoms with van der Waals surface area (Å²) in [5.74, 6) is -1.73. The molecule has 0 aliphatic heterocycles. The Balaban J connectivity index is 2.33. The number of fused-ring (bicyclic) bond motifs is 1. The molecule has 1 heterocycles. The molecule has 1 amide bonds. The summed E-state index contributed by atoms with van der Waals surface area (Å²) < 4.78 is 0. The number of nitrogens with zero attached hydrogens (tertiary/aromatic N) is 1. The minimum atomic E-state index is -0.834. The molecule has 1 atom stereocenters. The summed E-state index contributed by atoms with van der Waals surface area (Å²) in [5.41, 5.74) is 7.22. The molecule has 20 heavy (non-hydrogen) atoms. The Hall–Kier alpha value is -1.56. The van der Waals surface area contributed by atoms with Crippen molar-refractivity contribution in [3.8, 4) is 0 Å². The van der Waals surface area contributed by atoms with Crippen molar-refractivity contribution in [3.63, 3.8) is 0 Å². The van der Waals surface area contributed by atoms with Gasteiger partial charge in [-0.25, -0.2) is 0 Å². The Morgan fingerprint density at radius 2 is 2.05 bits per heavy atom. The number of carbonyl (C=O) groups is 2. The molecule has 0 spiro atoms. The lowest BCUT2D eigenvalue weighted by Gasteiger charge is -2.21. The number of amides is 1. The highest BCUT2D eigenvalue weighted by Gasteiger charge is 2.26. The number of aryl methyl sites for hydroxylation is 1. The third kappa shape index (κ3) is 2.80. The number of anilines is 1. The van der Waals surface area contributed by atoms with Crippen LogP contribution in [-0.4, -0.2) is 30.6 Å². The van der Waals surface area contributed by atoms with Crippen LogP contribution in [0.2, 0.25) is 0 Å². The molecular formula is C14H20N2O3S. The number of primary amides is 1. The first-order chi connectivity index (χ1) is 9.41. The Labute approximate surface area is 122 Å². The number of carbonyl (C=O) groups excluding carboxylic acids is 1. The Kier molecular flexibility index (Phi) is 4.32. The molecule has 1 aliphatic carbocycles. The molecule has 0 fully saturated rings. The van der Waals surface area contributed by atoms with E-state index in [1.165, 1.54) is 4.88 Å². The van der Waals surface area contributed by atoms with Crippen molar-refractivity contribution in [1.29, 1.82) is 0 Å². The Bertz CT molecular complexity index is 539. The molecule has 0 saturated heterocycles. The van der Waals surface area contributed by atoms with Crippen LogP contribution in [0.15, 0.2) is 0 Å². The molecule has 3 N–H and O–H groups in total. The van der Waals surface area contributed by atoms with E-state index in [2.05, 4.69) is 0 Å². The number of thiophene rings is 1. The molecule has 0 bridgehead atoms. The zero-order chi connectivity index (χ0) is 14.9. The lowest BCUT2D eigenvalue weighted by molar-refractivity contribution is -0.140. The maximum Gasteiger partial charge on any atom is 0.308 e. The minimum absolute atomic E-state index is 0.370. The SMILES string of the molecule is CC(CN(C)c1sc2c(c1C(N)=O)CCCC2)C(=O)O. The average molecular weight is 296 g/mol. The smallest absolute Gasteiger partial charge is 0.308 e. The van der Waals surface area contributed by atoms with E-state index in [0.717, 1.165) is 36.2 Å². The van der Waals surface area contributed by atoms with E-state index in [4.69, 9.17) is 10.8 Å². The summed E-state index contributed by atoms with van der Waals surface area (Å²) in [7, 11) is 1.82. The zero-order valence-electron chi connectivity index (χ0n) is 11.8. The van der Waals surface area contributed by atoms with Crippen molar-refractivity contribution in [2.75, 3.05) is 18.5 Å². The molecule has 0 radical (unpaired) electrons. The van der Waals surface area contributed by atoms with Gasteiger partial charge in [0.15, 0.2) is 0 Å². The topological polar surface area (TPSA) is 83.6 Å².